The van der Waals surface area contributed by atoms with Crippen LogP contribution in [-0.4, -0.2) is 135 Å². The van der Waals surface area contributed by atoms with E-state index in [2.05, 4.69) is 15.7 Å². The zero-order valence-corrected chi connectivity index (χ0v) is 31.4. The van der Waals surface area contributed by atoms with Crippen LogP contribution in [0.5, 0.6) is 5.88 Å². The van der Waals surface area contributed by atoms with Crippen LogP contribution < -0.4 is 15.4 Å². The number of hydrogen-bond donors (Lipinski definition) is 3. The fraction of sp³-hybridized carbons (Fsp3) is 0.568. The van der Waals surface area contributed by atoms with Crippen molar-refractivity contribution < 1.29 is 52.9 Å². The third-order valence-electron chi connectivity index (χ3n) is 9.71. The summed E-state index contributed by atoms with van der Waals surface area (Å²) in [6.07, 6.45) is 2.51. The van der Waals surface area contributed by atoms with Crippen molar-refractivity contribution >= 4 is 41.7 Å². The molecule has 2 aliphatic heterocycles. The molecule has 55 heavy (non-hydrogen) atoms. The summed E-state index contributed by atoms with van der Waals surface area (Å²) in [4.78, 5) is 93.9. The van der Waals surface area contributed by atoms with Gasteiger partial charge < -0.3 is 44.7 Å². The normalized spacial score (nSPS) is 17.8. The molecule has 2 unspecified atom stereocenters. The third-order valence-corrected chi connectivity index (χ3v) is 9.71. The van der Waals surface area contributed by atoms with Crippen LogP contribution in [-0.2, 0) is 33.4 Å². The highest BCUT2D eigenvalue weighted by Crippen LogP contribution is 2.24. The van der Waals surface area contributed by atoms with Gasteiger partial charge in [0.2, 0.25) is 24.5 Å². The average molecular weight is 768 g/mol. The largest absolute Gasteiger partial charge is 0.467 e. The zero-order chi connectivity index (χ0) is 39.7. The average Bonchev–Trinajstić information content (AvgIpc) is 3.82. The molecule has 3 aliphatic rings. The number of ether oxygens (including phenoxy) is 3. The minimum Gasteiger partial charge on any atom is -0.467 e. The second-order valence-electron chi connectivity index (χ2n) is 14.8. The summed E-state index contributed by atoms with van der Waals surface area (Å²) in [5, 5.41) is 19.4. The summed E-state index contributed by atoms with van der Waals surface area (Å²) in [5.74, 6) is -3.19. The molecule has 5 amide bonds. The molecule has 5 rings (SSSR count). The van der Waals surface area contributed by atoms with Gasteiger partial charge in [-0.2, -0.15) is 5.10 Å². The van der Waals surface area contributed by atoms with Gasteiger partial charge in [0, 0.05) is 51.3 Å². The summed E-state index contributed by atoms with van der Waals surface area (Å²) >= 11 is 0. The molecule has 0 radical (unpaired) electrons. The number of rotatable bonds is 14. The Hall–Kier alpha value is -5.68. The molecular formula is C37H49N7O11. The van der Waals surface area contributed by atoms with Gasteiger partial charge in [0.15, 0.2) is 12.3 Å². The van der Waals surface area contributed by atoms with E-state index in [4.69, 9.17) is 14.2 Å². The number of likely N-dealkylation sites (tertiary alicyclic amines) is 1. The molecule has 18 nitrogen and oxygen atoms in total. The lowest BCUT2D eigenvalue weighted by Crippen LogP contribution is -2.55. The maximum atomic E-state index is 13.8. The molecule has 3 heterocycles. The van der Waals surface area contributed by atoms with Crippen molar-refractivity contribution in [3.8, 4) is 11.6 Å². The number of piperazine rings is 1. The van der Waals surface area contributed by atoms with Gasteiger partial charge in [-0.05, 0) is 71.4 Å². The molecule has 2 aromatic rings. The number of carbonyl (C=O) groups is 7. The van der Waals surface area contributed by atoms with E-state index in [1.807, 2.05) is 0 Å². The van der Waals surface area contributed by atoms with E-state index in [0.717, 1.165) is 19.3 Å². The van der Waals surface area contributed by atoms with E-state index in [0.29, 0.717) is 25.1 Å². The lowest BCUT2D eigenvalue weighted by Gasteiger charge is -2.35. The van der Waals surface area contributed by atoms with Crippen molar-refractivity contribution in [2.75, 3.05) is 46.1 Å². The Balaban J connectivity index is 1.28. The monoisotopic (exact) mass is 767 g/mol. The summed E-state index contributed by atoms with van der Waals surface area (Å²) in [6.45, 7) is 4.56. The van der Waals surface area contributed by atoms with Gasteiger partial charge >= 0.3 is 18.0 Å². The van der Waals surface area contributed by atoms with Crippen LogP contribution in [0.1, 0.15) is 76.2 Å². The van der Waals surface area contributed by atoms with E-state index in [1.165, 1.54) is 25.4 Å². The van der Waals surface area contributed by atoms with Crippen molar-refractivity contribution in [3.63, 3.8) is 0 Å². The predicted octanol–water partition coefficient (Wildman–Crippen LogP) is 1.70. The quantitative estimate of drug-likeness (QED) is 0.185. The standard InChI is InChI=1S/C37H49N7O11/c1-37(2,3)35(50)55-23-54-31(46)15-14-26(34(49)41-17-19-42(20-18-41)36(51)52)39-32(47)27-21-30(44(40-27)25-11-5-4-6-12-25)53-22-29(45)43-16-8-13-28(43)33(48)38-24-9-7-10-24/h4-6,11-12,21,24,26,28H,7-10,13-20,22-23H2,1-3H3,(H,38,48)(H,39,47)(H,51,52). The van der Waals surface area contributed by atoms with Crippen LogP contribution in [0, 0.1) is 5.41 Å². The molecule has 1 saturated carbocycles. The molecule has 1 aliphatic carbocycles. The molecule has 3 fully saturated rings. The number of carbonyl (C=O) groups excluding carboxylic acids is 6. The van der Waals surface area contributed by atoms with Gasteiger partial charge in [-0.25, -0.2) is 9.48 Å². The summed E-state index contributed by atoms with van der Waals surface area (Å²) in [7, 11) is 0. The minimum absolute atomic E-state index is 0.0559. The Labute approximate surface area is 318 Å². The first-order valence-electron chi connectivity index (χ1n) is 18.5. The van der Waals surface area contributed by atoms with Crippen LogP contribution in [0.3, 0.4) is 0 Å². The number of benzene rings is 1. The first-order valence-corrected chi connectivity index (χ1v) is 18.5. The molecule has 18 heteroatoms. The van der Waals surface area contributed by atoms with Crippen LogP contribution in [0.15, 0.2) is 36.4 Å². The van der Waals surface area contributed by atoms with Crippen molar-refractivity contribution in [1.82, 2.24) is 35.1 Å². The molecule has 1 aromatic carbocycles. The number of nitrogens with zero attached hydrogens (tertiary/aromatic N) is 5. The summed E-state index contributed by atoms with van der Waals surface area (Å²) in [5.41, 5.74) is -0.451. The van der Waals surface area contributed by atoms with Gasteiger partial charge in [-0.15, -0.1) is 0 Å². The third kappa shape index (κ3) is 10.7. The highest BCUT2D eigenvalue weighted by molar-refractivity contribution is 5.96. The lowest BCUT2D eigenvalue weighted by molar-refractivity contribution is -0.173. The van der Waals surface area contributed by atoms with E-state index in [1.54, 1.807) is 51.1 Å². The number of carboxylic acid groups (broad SMARTS) is 1. The maximum Gasteiger partial charge on any atom is 0.407 e. The SMILES string of the molecule is CC(C)(C)C(=O)OCOC(=O)CCC(NC(=O)c1cc(OCC(=O)N2CCCC2C(=O)NC2CCC2)n(-c2ccccc2)n1)C(=O)N1CCN(C(=O)O)CC1. The van der Waals surface area contributed by atoms with Crippen molar-refractivity contribution in [1.29, 1.82) is 0 Å². The molecule has 0 spiro atoms. The van der Waals surface area contributed by atoms with E-state index in [9.17, 15) is 38.7 Å². The molecule has 2 saturated heterocycles. The second-order valence-corrected chi connectivity index (χ2v) is 14.8. The highest BCUT2D eigenvalue weighted by Gasteiger charge is 2.36. The zero-order valence-electron chi connectivity index (χ0n) is 31.4. The van der Waals surface area contributed by atoms with Gasteiger partial charge in [-0.3, -0.25) is 28.8 Å². The smallest absolute Gasteiger partial charge is 0.407 e. The van der Waals surface area contributed by atoms with Crippen molar-refractivity contribution in [2.24, 2.45) is 5.41 Å². The van der Waals surface area contributed by atoms with Gasteiger partial charge in [0.1, 0.15) is 12.1 Å². The first-order chi connectivity index (χ1) is 26.2. The first kappa shape index (κ1) is 40.5. The van der Waals surface area contributed by atoms with Crippen LogP contribution in [0.4, 0.5) is 4.79 Å². The Morgan fingerprint density at radius 3 is 2.24 bits per heavy atom. The molecule has 298 valence electrons. The van der Waals surface area contributed by atoms with E-state index >= 15 is 0 Å². The number of esters is 2. The molecule has 0 bridgehead atoms. The summed E-state index contributed by atoms with van der Waals surface area (Å²) in [6, 6.07) is 8.36. The number of aromatic nitrogens is 2. The molecule has 3 N–H and O–H groups in total. The Bertz CT molecular complexity index is 1730. The van der Waals surface area contributed by atoms with Crippen LogP contribution in [0.25, 0.3) is 5.69 Å². The Kier molecular flexibility index (Phi) is 13.3. The molecular weight excluding hydrogens is 718 g/mol. The lowest BCUT2D eigenvalue weighted by atomic mass is 9.93. The number of nitrogens with one attached hydrogen (secondary N) is 2. The fourth-order valence-corrected chi connectivity index (χ4v) is 6.27. The van der Waals surface area contributed by atoms with Gasteiger partial charge in [0.25, 0.3) is 11.8 Å². The Morgan fingerprint density at radius 1 is 0.909 bits per heavy atom. The minimum atomic E-state index is -1.25. The summed E-state index contributed by atoms with van der Waals surface area (Å²) < 4.78 is 17.3. The molecule has 2 atom stereocenters. The topological polar surface area (TPSA) is 219 Å². The van der Waals surface area contributed by atoms with Crippen LogP contribution in [0.2, 0.25) is 0 Å². The van der Waals surface area contributed by atoms with Gasteiger partial charge in [0.05, 0.1) is 11.1 Å². The maximum absolute atomic E-state index is 13.8. The predicted molar refractivity (Wildman–Crippen MR) is 193 cm³/mol. The molecule has 1 aromatic heterocycles. The van der Waals surface area contributed by atoms with Crippen LogP contribution >= 0.6 is 0 Å². The number of hydrogen-bond acceptors (Lipinski definition) is 11. The van der Waals surface area contributed by atoms with Gasteiger partial charge in [-0.1, -0.05) is 18.2 Å². The number of para-hydroxylation sites is 1. The van der Waals surface area contributed by atoms with E-state index < -0.39 is 66.7 Å². The fourth-order valence-electron chi connectivity index (χ4n) is 6.27. The Morgan fingerprint density at radius 2 is 1.60 bits per heavy atom. The van der Waals surface area contributed by atoms with E-state index in [-0.39, 0.29) is 62.5 Å². The second kappa shape index (κ2) is 18.1. The van der Waals surface area contributed by atoms with Crippen molar-refractivity contribution in [3.05, 3.63) is 42.1 Å². The highest BCUT2D eigenvalue weighted by atomic mass is 16.7. The number of amides is 5. The van der Waals surface area contributed by atoms with Crippen molar-refractivity contribution in [2.45, 2.75) is 83.8 Å².